The normalized spacial score (nSPS) is 23.3. The highest BCUT2D eigenvalue weighted by atomic mass is 15.0. The second kappa shape index (κ2) is 6.02. The summed E-state index contributed by atoms with van der Waals surface area (Å²) in [6, 6.07) is 11.5. The van der Waals surface area contributed by atoms with E-state index >= 15 is 0 Å². The Labute approximate surface area is 98.2 Å². The second-order valence-electron chi connectivity index (χ2n) is 4.66. The predicted molar refractivity (Wildman–Crippen MR) is 68.5 cm³/mol. The highest BCUT2D eigenvalue weighted by Crippen LogP contribution is 2.40. The molecule has 16 heavy (non-hydrogen) atoms. The van der Waals surface area contributed by atoms with Crippen LogP contribution in [0.2, 0.25) is 0 Å². The van der Waals surface area contributed by atoms with E-state index in [9.17, 15) is 0 Å². The van der Waals surface area contributed by atoms with Crippen LogP contribution in [0.1, 0.15) is 37.2 Å². The van der Waals surface area contributed by atoms with Crippen molar-refractivity contribution >= 4 is 0 Å². The van der Waals surface area contributed by atoms with Crippen molar-refractivity contribution in [2.24, 2.45) is 5.73 Å². The lowest BCUT2D eigenvalue weighted by atomic mass is 10.1. The summed E-state index contributed by atoms with van der Waals surface area (Å²) in [5.74, 6) is 0.760. The third-order valence-corrected chi connectivity index (χ3v) is 3.31. The molecule has 1 aromatic rings. The van der Waals surface area contributed by atoms with Crippen molar-refractivity contribution in [2.75, 3.05) is 13.1 Å². The van der Waals surface area contributed by atoms with Crippen LogP contribution >= 0.6 is 0 Å². The van der Waals surface area contributed by atoms with E-state index in [1.807, 2.05) is 0 Å². The summed E-state index contributed by atoms with van der Waals surface area (Å²) >= 11 is 0. The molecule has 0 bridgehead atoms. The molecule has 0 radical (unpaired) electrons. The maximum atomic E-state index is 5.46. The van der Waals surface area contributed by atoms with Crippen molar-refractivity contribution in [2.45, 2.75) is 37.6 Å². The van der Waals surface area contributed by atoms with E-state index in [-0.39, 0.29) is 0 Å². The van der Waals surface area contributed by atoms with Gasteiger partial charge in [-0.1, -0.05) is 36.8 Å². The van der Waals surface area contributed by atoms with Gasteiger partial charge in [-0.05, 0) is 37.9 Å². The average molecular weight is 218 g/mol. The molecular weight excluding hydrogens is 196 g/mol. The molecule has 2 rings (SSSR count). The first kappa shape index (κ1) is 11.6. The number of rotatable bonds is 7. The molecule has 0 aliphatic heterocycles. The van der Waals surface area contributed by atoms with Gasteiger partial charge in [0.05, 0.1) is 0 Å². The van der Waals surface area contributed by atoms with Crippen LogP contribution in [0.25, 0.3) is 0 Å². The van der Waals surface area contributed by atoms with Crippen molar-refractivity contribution < 1.29 is 0 Å². The monoisotopic (exact) mass is 218 g/mol. The molecule has 0 heterocycles. The van der Waals surface area contributed by atoms with Gasteiger partial charge in [0, 0.05) is 12.0 Å². The molecule has 0 amide bonds. The molecule has 0 saturated heterocycles. The Kier molecular flexibility index (Phi) is 4.37. The summed E-state index contributed by atoms with van der Waals surface area (Å²) in [4.78, 5) is 0. The fourth-order valence-corrected chi connectivity index (χ4v) is 2.22. The van der Waals surface area contributed by atoms with Gasteiger partial charge in [-0.25, -0.2) is 0 Å². The molecule has 2 nitrogen and oxygen atoms in total. The third kappa shape index (κ3) is 3.32. The van der Waals surface area contributed by atoms with Gasteiger partial charge in [0.25, 0.3) is 0 Å². The van der Waals surface area contributed by atoms with Crippen LogP contribution in [0.5, 0.6) is 0 Å². The fourth-order valence-electron chi connectivity index (χ4n) is 2.22. The smallest absolute Gasteiger partial charge is 0.0143 e. The molecular formula is C14H22N2. The zero-order chi connectivity index (χ0) is 11.2. The Morgan fingerprint density at radius 1 is 1.12 bits per heavy atom. The zero-order valence-electron chi connectivity index (χ0n) is 9.86. The van der Waals surface area contributed by atoms with Crippen molar-refractivity contribution in [3.8, 4) is 0 Å². The van der Waals surface area contributed by atoms with Crippen LogP contribution in [-0.4, -0.2) is 19.1 Å². The van der Waals surface area contributed by atoms with Gasteiger partial charge in [0.1, 0.15) is 0 Å². The first-order chi connectivity index (χ1) is 7.92. The van der Waals surface area contributed by atoms with E-state index in [4.69, 9.17) is 5.73 Å². The van der Waals surface area contributed by atoms with Gasteiger partial charge < -0.3 is 11.1 Å². The summed E-state index contributed by atoms with van der Waals surface area (Å²) in [5.41, 5.74) is 6.95. The van der Waals surface area contributed by atoms with Crippen LogP contribution in [0.3, 0.4) is 0 Å². The average Bonchev–Trinajstić information content (AvgIpc) is 3.10. The molecule has 0 aromatic heterocycles. The minimum absolute atomic E-state index is 0.722. The lowest BCUT2D eigenvalue weighted by Gasteiger charge is -2.04. The lowest BCUT2D eigenvalue weighted by Crippen LogP contribution is -2.19. The quantitative estimate of drug-likeness (QED) is 0.689. The molecule has 0 spiro atoms. The van der Waals surface area contributed by atoms with E-state index in [1.54, 1.807) is 0 Å². The van der Waals surface area contributed by atoms with Gasteiger partial charge in [0.2, 0.25) is 0 Å². The lowest BCUT2D eigenvalue weighted by molar-refractivity contribution is 0.598. The third-order valence-electron chi connectivity index (χ3n) is 3.31. The summed E-state index contributed by atoms with van der Waals surface area (Å²) in [7, 11) is 0. The molecule has 88 valence electrons. The number of nitrogens with two attached hydrogens (primary N) is 1. The van der Waals surface area contributed by atoms with E-state index < -0.39 is 0 Å². The summed E-state index contributed by atoms with van der Waals surface area (Å²) < 4.78 is 0. The van der Waals surface area contributed by atoms with Crippen molar-refractivity contribution in [1.82, 2.24) is 5.32 Å². The Morgan fingerprint density at radius 2 is 1.94 bits per heavy atom. The van der Waals surface area contributed by atoms with Gasteiger partial charge in [-0.3, -0.25) is 0 Å². The molecule has 2 atom stereocenters. The van der Waals surface area contributed by atoms with Gasteiger partial charge in [-0.2, -0.15) is 0 Å². The highest BCUT2D eigenvalue weighted by Gasteiger charge is 2.37. The van der Waals surface area contributed by atoms with Crippen molar-refractivity contribution in [3.05, 3.63) is 35.9 Å². The number of unbranched alkanes of at least 4 members (excludes halogenated alkanes) is 2. The van der Waals surface area contributed by atoms with Crippen LogP contribution in [-0.2, 0) is 0 Å². The molecule has 1 aromatic carbocycles. The second-order valence-corrected chi connectivity index (χ2v) is 4.66. The number of hydrogen-bond acceptors (Lipinski definition) is 2. The van der Waals surface area contributed by atoms with Crippen molar-refractivity contribution in [3.63, 3.8) is 0 Å². The van der Waals surface area contributed by atoms with Crippen LogP contribution in [0.15, 0.2) is 30.3 Å². The van der Waals surface area contributed by atoms with E-state index in [0.717, 1.165) is 31.5 Å². The summed E-state index contributed by atoms with van der Waals surface area (Å²) in [5, 5.41) is 3.62. The van der Waals surface area contributed by atoms with Gasteiger partial charge >= 0.3 is 0 Å². The topological polar surface area (TPSA) is 38.0 Å². The minimum Gasteiger partial charge on any atom is -0.330 e. The number of hydrogen-bond donors (Lipinski definition) is 2. The predicted octanol–water partition coefficient (Wildman–Crippen LogP) is 2.26. The molecule has 1 saturated carbocycles. The standard InChI is InChI=1S/C14H22N2/c15-9-5-2-6-10-16-14-11-13(14)12-7-3-1-4-8-12/h1,3-4,7-8,13-14,16H,2,5-6,9-11,15H2. The summed E-state index contributed by atoms with van der Waals surface area (Å²) in [6.45, 7) is 1.98. The molecule has 1 aliphatic carbocycles. The molecule has 2 unspecified atom stereocenters. The van der Waals surface area contributed by atoms with Gasteiger partial charge in [-0.15, -0.1) is 0 Å². The largest absolute Gasteiger partial charge is 0.330 e. The Balaban J connectivity index is 1.61. The first-order valence-corrected chi connectivity index (χ1v) is 6.40. The molecule has 2 heteroatoms. The first-order valence-electron chi connectivity index (χ1n) is 6.40. The zero-order valence-corrected chi connectivity index (χ0v) is 9.86. The highest BCUT2D eigenvalue weighted by molar-refractivity contribution is 5.27. The van der Waals surface area contributed by atoms with Crippen LogP contribution in [0, 0.1) is 0 Å². The molecule has 3 N–H and O–H groups in total. The summed E-state index contributed by atoms with van der Waals surface area (Å²) in [6.07, 6.45) is 4.98. The van der Waals surface area contributed by atoms with E-state index in [1.165, 1.54) is 24.8 Å². The SMILES string of the molecule is NCCCCCNC1CC1c1ccccc1. The minimum atomic E-state index is 0.722. The fraction of sp³-hybridized carbons (Fsp3) is 0.571. The Hall–Kier alpha value is -0.860. The Bertz CT molecular complexity index is 297. The maximum Gasteiger partial charge on any atom is 0.0143 e. The molecule has 1 aliphatic rings. The number of benzene rings is 1. The maximum absolute atomic E-state index is 5.46. The molecule has 1 fully saturated rings. The van der Waals surface area contributed by atoms with Crippen LogP contribution < -0.4 is 11.1 Å². The van der Waals surface area contributed by atoms with Crippen molar-refractivity contribution in [1.29, 1.82) is 0 Å². The van der Waals surface area contributed by atoms with Gasteiger partial charge in [0.15, 0.2) is 0 Å². The number of nitrogens with one attached hydrogen (secondary N) is 1. The van der Waals surface area contributed by atoms with E-state index in [0.29, 0.717) is 0 Å². The van der Waals surface area contributed by atoms with Crippen LogP contribution in [0.4, 0.5) is 0 Å². The van der Waals surface area contributed by atoms with E-state index in [2.05, 4.69) is 35.6 Å². The Morgan fingerprint density at radius 3 is 2.69 bits per heavy atom.